The van der Waals surface area contributed by atoms with Crippen LogP contribution in [-0.4, -0.2) is 39.4 Å². The Hall–Kier alpha value is -5.70. The van der Waals surface area contributed by atoms with Gasteiger partial charge in [-0.2, -0.15) is 0 Å². The third-order valence-corrected chi connectivity index (χ3v) is 9.59. The normalized spacial score (nSPS) is 12.0. The number of furan rings is 1. The zero-order chi connectivity index (χ0) is 38.8. The topological polar surface area (TPSA) is 103 Å². The molecule has 1 aromatic heterocycles. The summed E-state index contributed by atoms with van der Waals surface area (Å²) in [5, 5.41) is 0. The highest BCUT2D eigenvalue weighted by Crippen LogP contribution is 2.37. The van der Waals surface area contributed by atoms with Gasteiger partial charge in [-0.25, -0.2) is 9.59 Å². The van der Waals surface area contributed by atoms with Crippen molar-refractivity contribution in [1.82, 2.24) is 0 Å². The lowest BCUT2D eigenvalue weighted by atomic mass is 9.88. The Bertz CT molecular complexity index is 1920. The fourth-order valence-corrected chi connectivity index (χ4v) is 6.24. The van der Waals surface area contributed by atoms with Crippen molar-refractivity contribution in [3.05, 3.63) is 143 Å². The maximum atomic E-state index is 13.4. The zero-order valence-electron chi connectivity index (χ0n) is 32.3. The highest BCUT2D eigenvalue weighted by Gasteiger charge is 2.25. The number of hydrogen-bond acceptors (Lipinski definition) is 9. The molecular formula is C46H52O9. The Labute approximate surface area is 324 Å². The van der Waals surface area contributed by atoms with E-state index < -0.39 is 11.9 Å². The summed E-state index contributed by atoms with van der Waals surface area (Å²) in [7, 11) is 3.25. The van der Waals surface area contributed by atoms with E-state index in [1.54, 1.807) is 14.2 Å². The maximum absolute atomic E-state index is 13.4. The molecule has 1 heterocycles. The first-order chi connectivity index (χ1) is 26.9. The lowest BCUT2D eigenvalue weighted by molar-refractivity contribution is 0.0438. The molecule has 0 amide bonds. The molecule has 0 radical (unpaired) electrons. The Balaban J connectivity index is 1.29. The number of hydrogen-bond donors (Lipinski definition) is 0. The maximum Gasteiger partial charge on any atom is 0.342 e. The van der Waals surface area contributed by atoms with Crippen molar-refractivity contribution in [2.24, 2.45) is 0 Å². The van der Waals surface area contributed by atoms with Crippen molar-refractivity contribution >= 4 is 11.9 Å². The van der Waals surface area contributed by atoms with Crippen molar-refractivity contribution in [3.63, 3.8) is 0 Å². The van der Waals surface area contributed by atoms with E-state index in [-0.39, 0.29) is 36.2 Å². The van der Waals surface area contributed by atoms with Gasteiger partial charge >= 0.3 is 11.9 Å². The molecule has 0 N–H and O–H groups in total. The minimum absolute atomic E-state index is 0.0367. The highest BCUT2D eigenvalue weighted by atomic mass is 16.5. The van der Waals surface area contributed by atoms with Crippen LogP contribution in [0.4, 0.5) is 0 Å². The van der Waals surface area contributed by atoms with Gasteiger partial charge in [-0.3, -0.25) is 0 Å². The molecule has 0 saturated carbocycles. The van der Waals surface area contributed by atoms with Gasteiger partial charge in [0, 0.05) is 5.92 Å². The summed E-state index contributed by atoms with van der Waals surface area (Å²) < 4.78 is 40.3. The predicted molar refractivity (Wildman–Crippen MR) is 211 cm³/mol. The molecule has 0 bridgehead atoms. The zero-order valence-corrected chi connectivity index (χ0v) is 32.3. The fourth-order valence-electron chi connectivity index (χ4n) is 6.24. The average molecular weight is 749 g/mol. The van der Waals surface area contributed by atoms with Crippen LogP contribution in [0.15, 0.2) is 114 Å². The SMILES string of the molecule is CCCCCCOC(=O)c1cocc1C(=O)OCC(CCC(C)c1ccc(OCc2ccccc2)c(OC)c1)c1ccc(OCc2ccccc2)c(OC)c1. The molecule has 2 unspecified atom stereocenters. The van der Waals surface area contributed by atoms with Gasteiger partial charge in [-0.15, -0.1) is 0 Å². The summed E-state index contributed by atoms with van der Waals surface area (Å²) in [5.41, 5.74) is 4.22. The summed E-state index contributed by atoms with van der Waals surface area (Å²) in [5.74, 6) is 1.19. The van der Waals surface area contributed by atoms with Crippen LogP contribution in [0.5, 0.6) is 23.0 Å². The van der Waals surface area contributed by atoms with Gasteiger partial charge in [0.25, 0.3) is 0 Å². The standard InChI is InChI=1S/C46H52O9/c1-5-6-7-14-25-52-45(47)39-31-51-32-40(39)46(48)55-30-38(37-22-24-42(44(27-37)50-4)54-29-35-17-12-9-13-18-35)20-19-33(2)36-21-23-41(43(26-36)49-3)53-28-34-15-10-8-11-16-34/h8-13,15-18,21-24,26-27,31-33,38H,5-7,14,19-20,25,28-30H2,1-4H3. The third kappa shape index (κ3) is 11.9. The molecule has 0 aliphatic heterocycles. The Morgan fingerprint density at radius 1 is 0.618 bits per heavy atom. The van der Waals surface area contributed by atoms with Gasteiger partial charge in [0.1, 0.15) is 36.9 Å². The van der Waals surface area contributed by atoms with Crippen LogP contribution in [0.3, 0.4) is 0 Å². The van der Waals surface area contributed by atoms with Gasteiger partial charge in [-0.1, -0.05) is 106 Å². The lowest BCUT2D eigenvalue weighted by Crippen LogP contribution is -2.17. The van der Waals surface area contributed by atoms with Crippen molar-refractivity contribution in [2.75, 3.05) is 27.4 Å². The molecule has 0 aliphatic carbocycles. The van der Waals surface area contributed by atoms with E-state index in [1.807, 2.05) is 91.0 Å². The van der Waals surface area contributed by atoms with Crippen LogP contribution in [0.1, 0.15) is 107 Å². The van der Waals surface area contributed by atoms with E-state index in [1.165, 1.54) is 12.5 Å². The van der Waals surface area contributed by atoms with E-state index in [0.29, 0.717) is 42.6 Å². The Morgan fingerprint density at radius 2 is 1.16 bits per heavy atom. The summed E-state index contributed by atoms with van der Waals surface area (Å²) in [6.07, 6.45) is 7.79. The largest absolute Gasteiger partial charge is 0.493 e. The van der Waals surface area contributed by atoms with Crippen molar-refractivity contribution < 1.29 is 42.4 Å². The number of benzene rings is 4. The average Bonchev–Trinajstić information content (AvgIpc) is 3.73. The number of ether oxygens (including phenoxy) is 6. The van der Waals surface area contributed by atoms with Crippen LogP contribution in [-0.2, 0) is 22.7 Å². The Morgan fingerprint density at radius 3 is 1.73 bits per heavy atom. The quantitative estimate of drug-likeness (QED) is 0.0505. The molecule has 5 rings (SSSR count). The van der Waals surface area contributed by atoms with Crippen molar-refractivity contribution in [2.45, 2.75) is 77.4 Å². The monoisotopic (exact) mass is 748 g/mol. The molecule has 290 valence electrons. The molecule has 9 nitrogen and oxygen atoms in total. The molecule has 5 aromatic rings. The molecule has 0 fully saturated rings. The smallest absolute Gasteiger partial charge is 0.342 e. The van der Waals surface area contributed by atoms with Crippen LogP contribution in [0.25, 0.3) is 0 Å². The number of rotatable bonds is 22. The molecule has 55 heavy (non-hydrogen) atoms. The summed E-state index contributed by atoms with van der Waals surface area (Å²) in [4.78, 5) is 26.2. The van der Waals surface area contributed by atoms with Crippen LogP contribution in [0.2, 0.25) is 0 Å². The molecule has 0 spiro atoms. The second-order valence-electron chi connectivity index (χ2n) is 13.5. The van der Waals surface area contributed by atoms with E-state index in [4.69, 9.17) is 32.8 Å². The second kappa shape index (κ2) is 21.3. The number of methoxy groups -OCH3 is 2. The van der Waals surface area contributed by atoms with Gasteiger partial charge in [0.2, 0.25) is 0 Å². The first-order valence-corrected chi connectivity index (χ1v) is 19.0. The van der Waals surface area contributed by atoms with E-state index in [2.05, 4.69) is 19.9 Å². The third-order valence-electron chi connectivity index (χ3n) is 9.59. The van der Waals surface area contributed by atoms with E-state index in [0.717, 1.165) is 54.4 Å². The Kier molecular flexibility index (Phi) is 15.6. The van der Waals surface area contributed by atoms with Crippen molar-refractivity contribution in [1.29, 1.82) is 0 Å². The number of unbranched alkanes of at least 4 members (excludes halogenated alkanes) is 3. The van der Waals surface area contributed by atoms with Crippen LogP contribution >= 0.6 is 0 Å². The van der Waals surface area contributed by atoms with E-state index >= 15 is 0 Å². The molecular weight excluding hydrogens is 696 g/mol. The second-order valence-corrected chi connectivity index (χ2v) is 13.5. The molecule has 2 atom stereocenters. The molecule has 0 aliphatic rings. The fraction of sp³-hybridized carbons (Fsp3) is 0.348. The molecule has 0 saturated heterocycles. The van der Waals surface area contributed by atoms with Crippen LogP contribution < -0.4 is 18.9 Å². The summed E-state index contributed by atoms with van der Waals surface area (Å²) in [6.45, 7) is 5.45. The highest BCUT2D eigenvalue weighted by molar-refractivity contribution is 6.02. The van der Waals surface area contributed by atoms with Crippen LogP contribution in [0, 0.1) is 0 Å². The molecule has 9 heteroatoms. The van der Waals surface area contributed by atoms with Gasteiger partial charge < -0.3 is 32.8 Å². The van der Waals surface area contributed by atoms with Gasteiger partial charge in [0.05, 0.1) is 27.4 Å². The summed E-state index contributed by atoms with van der Waals surface area (Å²) >= 11 is 0. The number of carbonyl (C=O) groups is 2. The first kappa shape index (κ1) is 40.5. The van der Waals surface area contributed by atoms with Gasteiger partial charge in [-0.05, 0) is 71.7 Å². The summed E-state index contributed by atoms with van der Waals surface area (Å²) in [6, 6.07) is 31.8. The molecule has 4 aromatic carbocycles. The first-order valence-electron chi connectivity index (χ1n) is 19.0. The minimum atomic E-state index is -0.657. The van der Waals surface area contributed by atoms with E-state index in [9.17, 15) is 9.59 Å². The van der Waals surface area contributed by atoms with Gasteiger partial charge in [0.15, 0.2) is 23.0 Å². The van der Waals surface area contributed by atoms with Crippen molar-refractivity contribution in [3.8, 4) is 23.0 Å². The minimum Gasteiger partial charge on any atom is -0.493 e. The lowest BCUT2D eigenvalue weighted by Gasteiger charge is -2.22. The number of carbonyl (C=O) groups excluding carboxylic acids is 2. The predicted octanol–water partition coefficient (Wildman–Crippen LogP) is 10.7. The number of esters is 2.